The van der Waals surface area contributed by atoms with E-state index < -0.39 is 0 Å². The Kier molecular flexibility index (Phi) is 42.3. The molecule has 0 rings (SSSR count). The number of hydrogen-bond acceptors (Lipinski definition) is 2. The van der Waals surface area contributed by atoms with E-state index in [2.05, 4.69) is 44.4 Å². The van der Waals surface area contributed by atoms with Crippen LogP contribution in [0.5, 0.6) is 0 Å². The molecule has 2 nitrogen and oxygen atoms in total. The van der Waals surface area contributed by atoms with E-state index in [1.54, 1.807) is 0 Å². The molecular weight excluding hydrogens is 593 g/mol. The highest BCUT2D eigenvalue weighted by atomic mass is 15.2. The molecule has 0 bridgehead atoms. The Hall–Kier alpha value is -0.0800. The Balaban J connectivity index is 4.82. The lowest BCUT2D eigenvalue weighted by Gasteiger charge is -2.34. The second kappa shape index (κ2) is 42.3. The first-order chi connectivity index (χ1) is 24.2. The fourth-order valence-corrected chi connectivity index (χ4v) is 7.88. The summed E-state index contributed by atoms with van der Waals surface area (Å²) in [6, 6.07) is 0.695. The van der Waals surface area contributed by atoms with Gasteiger partial charge in [0.25, 0.3) is 0 Å². The molecule has 0 aliphatic carbocycles. The van der Waals surface area contributed by atoms with E-state index >= 15 is 0 Å². The minimum atomic E-state index is 0.695. The first-order valence-electron chi connectivity index (χ1n) is 23.7. The van der Waals surface area contributed by atoms with Gasteiger partial charge in [-0.25, -0.2) is 0 Å². The van der Waals surface area contributed by atoms with Crippen molar-refractivity contribution in [2.75, 3.05) is 32.7 Å². The van der Waals surface area contributed by atoms with Crippen LogP contribution in [0.3, 0.4) is 0 Å². The molecule has 49 heavy (non-hydrogen) atoms. The Labute approximate surface area is 313 Å². The zero-order valence-electron chi connectivity index (χ0n) is 35.5. The minimum absolute atomic E-state index is 0.695. The monoisotopic (exact) mass is 691 g/mol. The quantitative estimate of drug-likeness (QED) is 0.0588. The lowest BCUT2D eigenvalue weighted by atomic mass is 10.1. The SMILES string of the molecule is CCCCCCCCCCCN(CCCCCCCCCCC)CC(C)N(CCCCCCCCCCC)CCCCCCCCCCC. The topological polar surface area (TPSA) is 6.48 Å². The van der Waals surface area contributed by atoms with Gasteiger partial charge in [0.1, 0.15) is 0 Å². The lowest BCUT2D eigenvalue weighted by Crippen LogP contribution is -2.44. The maximum atomic E-state index is 2.93. The molecule has 0 aromatic heterocycles. The van der Waals surface area contributed by atoms with Gasteiger partial charge >= 0.3 is 0 Å². The van der Waals surface area contributed by atoms with Crippen LogP contribution in [0.15, 0.2) is 0 Å². The zero-order chi connectivity index (χ0) is 35.7. The molecule has 0 spiro atoms. The summed E-state index contributed by atoms with van der Waals surface area (Å²) in [6.45, 7) is 18.5. The maximum Gasteiger partial charge on any atom is 0.0194 e. The number of hydrogen-bond donors (Lipinski definition) is 0. The number of nitrogens with zero attached hydrogens (tertiary/aromatic N) is 2. The predicted octanol–water partition coefficient (Wildman–Crippen LogP) is 16.1. The molecule has 0 amide bonds. The van der Waals surface area contributed by atoms with Crippen LogP contribution in [0.25, 0.3) is 0 Å². The van der Waals surface area contributed by atoms with Gasteiger partial charge in [0, 0.05) is 12.6 Å². The average Bonchev–Trinajstić information content (AvgIpc) is 3.10. The summed E-state index contributed by atoms with van der Waals surface area (Å²) >= 11 is 0. The van der Waals surface area contributed by atoms with Crippen LogP contribution in [0, 0.1) is 0 Å². The van der Waals surface area contributed by atoms with Gasteiger partial charge in [0.15, 0.2) is 0 Å². The van der Waals surface area contributed by atoms with Gasteiger partial charge in [-0.3, -0.25) is 4.90 Å². The van der Waals surface area contributed by atoms with E-state index in [-0.39, 0.29) is 0 Å². The van der Waals surface area contributed by atoms with Crippen LogP contribution < -0.4 is 0 Å². The zero-order valence-corrected chi connectivity index (χ0v) is 35.5. The molecular formula is C47H98N2. The Morgan fingerprint density at radius 2 is 0.469 bits per heavy atom. The summed E-state index contributed by atoms with van der Waals surface area (Å²) in [5.41, 5.74) is 0. The summed E-state index contributed by atoms with van der Waals surface area (Å²) in [7, 11) is 0. The summed E-state index contributed by atoms with van der Waals surface area (Å²) in [4.78, 5) is 5.84. The van der Waals surface area contributed by atoms with Gasteiger partial charge < -0.3 is 4.90 Å². The van der Waals surface area contributed by atoms with E-state index in [0.29, 0.717) is 6.04 Å². The molecule has 1 unspecified atom stereocenters. The van der Waals surface area contributed by atoms with Crippen molar-refractivity contribution in [1.82, 2.24) is 9.80 Å². The lowest BCUT2D eigenvalue weighted by molar-refractivity contribution is 0.140. The van der Waals surface area contributed by atoms with Gasteiger partial charge in [0.2, 0.25) is 0 Å². The van der Waals surface area contributed by atoms with Crippen LogP contribution in [0.4, 0.5) is 0 Å². The van der Waals surface area contributed by atoms with Gasteiger partial charge in [-0.15, -0.1) is 0 Å². The highest BCUT2D eigenvalue weighted by Gasteiger charge is 2.17. The fraction of sp³-hybridized carbons (Fsp3) is 1.00. The van der Waals surface area contributed by atoms with E-state index in [9.17, 15) is 0 Å². The maximum absolute atomic E-state index is 2.93. The fourth-order valence-electron chi connectivity index (χ4n) is 7.88. The average molecular weight is 691 g/mol. The molecule has 0 saturated carbocycles. The highest BCUT2D eigenvalue weighted by molar-refractivity contribution is 4.73. The Morgan fingerprint density at radius 3 is 0.714 bits per heavy atom. The molecule has 0 fully saturated rings. The Morgan fingerprint density at radius 1 is 0.265 bits per heavy atom. The van der Waals surface area contributed by atoms with E-state index in [1.165, 1.54) is 264 Å². The van der Waals surface area contributed by atoms with Crippen LogP contribution in [0.1, 0.15) is 266 Å². The second-order valence-corrected chi connectivity index (χ2v) is 16.5. The van der Waals surface area contributed by atoms with Crippen molar-refractivity contribution < 1.29 is 0 Å². The second-order valence-electron chi connectivity index (χ2n) is 16.5. The molecule has 0 aliphatic heterocycles. The normalized spacial score (nSPS) is 12.6. The third kappa shape index (κ3) is 37.5. The molecule has 2 heteroatoms. The van der Waals surface area contributed by atoms with E-state index in [4.69, 9.17) is 0 Å². The molecule has 0 N–H and O–H groups in total. The summed E-state index contributed by atoms with van der Waals surface area (Å²) in [6.07, 6.45) is 51.8. The molecule has 0 saturated heterocycles. The summed E-state index contributed by atoms with van der Waals surface area (Å²) in [5, 5.41) is 0. The van der Waals surface area contributed by atoms with Crippen LogP contribution >= 0.6 is 0 Å². The highest BCUT2D eigenvalue weighted by Crippen LogP contribution is 2.16. The van der Waals surface area contributed by atoms with Crippen LogP contribution in [0.2, 0.25) is 0 Å². The predicted molar refractivity (Wildman–Crippen MR) is 226 cm³/mol. The summed E-state index contributed by atoms with van der Waals surface area (Å²) < 4.78 is 0. The van der Waals surface area contributed by atoms with E-state index in [1.807, 2.05) is 0 Å². The van der Waals surface area contributed by atoms with Crippen molar-refractivity contribution in [2.24, 2.45) is 0 Å². The van der Waals surface area contributed by atoms with Crippen LogP contribution in [-0.2, 0) is 0 Å². The van der Waals surface area contributed by atoms with Crippen molar-refractivity contribution in [1.29, 1.82) is 0 Å². The van der Waals surface area contributed by atoms with Crippen molar-refractivity contribution in [2.45, 2.75) is 272 Å². The molecule has 0 aromatic carbocycles. The van der Waals surface area contributed by atoms with Gasteiger partial charge in [-0.1, -0.05) is 233 Å². The molecule has 296 valence electrons. The van der Waals surface area contributed by atoms with Crippen molar-refractivity contribution >= 4 is 0 Å². The van der Waals surface area contributed by atoms with Gasteiger partial charge in [0.05, 0.1) is 0 Å². The van der Waals surface area contributed by atoms with Crippen LogP contribution in [-0.4, -0.2) is 48.6 Å². The first-order valence-corrected chi connectivity index (χ1v) is 23.7. The number of rotatable bonds is 43. The van der Waals surface area contributed by atoms with Gasteiger partial charge in [-0.2, -0.15) is 0 Å². The van der Waals surface area contributed by atoms with Crippen molar-refractivity contribution in [3.8, 4) is 0 Å². The Bertz CT molecular complexity index is 532. The molecule has 0 radical (unpaired) electrons. The standard InChI is InChI=1S/C47H98N2/c1-6-10-14-18-22-26-30-34-38-42-48(43-39-35-31-27-23-19-15-11-7-2)46-47(5)49(44-40-36-32-28-24-20-16-12-8-3)45-41-37-33-29-25-21-17-13-9-4/h47H,6-46H2,1-5H3. The third-order valence-corrected chi connectivity index (χ3v) is 11.4. The summed E-state index contributed by atoms with van der Waals surface area (Å²) in [5.74, 6) is 0. The first kappa shape index (κ1) is 48.9. The molecule has 0 aromatic rings. The number of unbranched alkanes of at least 4 members (excludes halogenated alkanes) is 32. The molecule has 0 aliphatic rings. The molecule has 0 heterocycles. The largest absolute Gasteiger partial charge is 0.302 e. The molecule has 1 atom stereocenters. The van der Waals surface area contributed by atoms with Crippen molar-refractivity contribution in [3.05, 3.63) is 0 Å². The third-order valence-electron chi connectivity index (χ3n) is 11.4. The van der Waals surface area contributed by atoms with Crippen molar-refractivity contribution in [3.63, 3.8) is 0 Å². The van der Waals surface area contributed by atoms with E-state index in [0.717, 1.165) is 0 Å². The minimum Gasteiger partial charge on any atom is -0.302 e. The van der Waals surface area contributed by atoms with Gasteiger partial charge in [-0.05, 0) is 58.8 Å². The smallest absolute Gasteiger partial charge is 0.0194 e.